The number of aryl methyl sites for hydroxylation is 2. The van der Waals surface area contributed by atoms with Crippen molar-refractivity contribution in [3.05, 3.63) is 77.2 Å². The highest BCUT2D eigenvalue weighted by Crippen LogP contribution is 2.32. The number of aromatic nitrogens is 6. The predicted molar refractivity (Wildman–Crippen MR) is 203 cm³/mol. The van der Waals surface area contributed by atoms with Gasteiger partial charge in [-0.05, 0) is 50.3 Å². The molecular formula is C37H43N11O6. The fourth-order valence-corrected chi connectivity index (χ4v) is 6.34. The summed E-state index contributed by atoms with van der Waals surface area (Å²) >= 11 is 0. The summed E-state index contributed by atoms with van der Waals surface area (Å²) in [6.45, 7) is 7.27. The quantitative estimate of drug-likeness (QED) is 0.0856. The molecule has 282 valence electrons. The van der Waals surface area contributed by atoms with E-state index in [0.29, 0.717) is 89.2 Å². The van der Waals surface area contributed by atoms with E-state index in [1.807, 2.05) is 42.7 Å². The van der Waals surface area contributed by atoms with Gasteiger partial charge in [-0.15, -0.1) is 0 Å². The number of benzene rings is 2. The van der Waals surface area contributed by atoms with E-state index in [0.717, 1.165) is 12.8 Å². The highest BCUT2D eigenvalue weighted by molar-refractivity contribution is 6.04. The van der Waals surface area contributed by atoms with Crippen LogP contribution in [-0.4, -0.2) is 105 Å². The molecule has 17 heteroatoms. The summed E-state index contributed by atoms with van der Waals surface area (Å²) in [5, 5.41) is 13.5. The van der Waals surface area contributed by atoms with E-state index >= 15 is 0 Å². The highest BCUT2D eigenvalue weighted by Gasteiger charge is 2.22. The SMILES string of the molecule is CCn1nc(C)cc1C(=O)Nc1nc2cc(C(N)=O)cc(OC)c2n1C/C=C/Cn1c(NC)nc2cc(C=O)cc(OC/C=C\CN3CCNCC3=O)c21. The molecule has 0 spiro atoms. The molecule has 0 atom stereocenters. The number of rotatable bonds is 16. The smallest absolute Gasteiger partial charge is 0.276 e. The minimum atomic E-state index is -0.642. The number of nitrogens with two attached hydrogens (primary N) is 1. The Morgan fingerprint density at radius 3 is 2.35 bits per heavy atom. The number of carbonyl (C=O) groups excluding carboxylic acids is 4. The van der Waals surface area contributed by atoms with Crippen LogP contribution in [0.25, 0.3) is 22.1 Å². The van der Waals surface area contributed by atoms with Gasteiger partial charge >= 0.3 is 0 Å². The number of imidazole rings is 2. The van der Waals surface area contributed by atoms with Crippen LogP contribution in [0.3, 0.4) is 0 Å². The lowest BCUT2D eigenvalue weighted by atomic mass is 10.1. The zero-order valence-electron chi connectivity index (χ0n) is 30.6. The number of piperazine rings is 1. The van der Waals surface area contributed by atoms with Gasteiger partial charge in [-0.3, -0.25) is 29.2 Å². The van der Waals surface area contributed by atoms with Gasteiger partial charge in [0.15, 0.2) is 0 Å². The van der Waals surface area contributed by atoms with Crippen LogP contribution in [0.1, 0.15) is 43.8 Å². The molecule has 0 radical (unpaired) electrons. The lowest BCUT2D eigenvalue weighted by Gasteiger charge is -2.26. The number of nitrogens with zero attached hydrogens (tertiary/aromatic N) is 7. The molecule has 0 aliphatic carbocycles. The van der Waals surface area contributed by atoms with Gasteiger partial charge < -0.3 is 39.9 Å². The Morgan fingerprint density at radius 2 is 1.67 bits per heavy atom. The molecule has 54 heavy (non-hydrogen) atoms. The number of fused-ring (bicyclic) bond motifs is 2. The molecule has 3 amide bonds. The van der Waals surface area contributed by atoms with Gasteiger partial charge in [0.25, 0.3) is 5.91 Å². The maximum atomic E-state index is 13.5. The molecule has 1 aliphatic rings. The monoisotopic (exact) mass is 737 g/mol. The highest BCUT2D eigenvalue weighted by atomic mass is 16.5. The first-order chi connectivity index (χ1) is 26.1. The molecule has 1 saturated heterocycles. The number of hydrogen-bond acceptors (Lipinski definition) is 11. The summed E-state index contributed by atoms with van der Waals surface area (Å²) < 4.78 is 17.2. The molecule has 1 fully saturated rings. The summed E-state index contributed by atoms with van der Waals surface area (Å²) in [7, 11) is 3.24. The first kappa shape index (κ1) is 37.3. The number of allylic oxidation sites excluding steroid dienone is 2. The molecule has 17 nitrogen and oxygen atoms in total. The van der Waals surface area contributed by atoms with Crippen LogP contribution in [-0.2, 0) is 24.4 Å². The second-order valence-corrected chi connectivity index (χ2v) is 12.5. The zero-order valence-corrected chi connectivity index (χ0v) is 30.6. The Labute approximate surface area is 310 Å². The Kier molecular flexibility index (Phi) is 11.4. The standard InChI is InChI=1S/C37H43N11O6/c1-5-48-28(16-23(2)44-48)35(52)43-37-42-27-19-25(34(38)51)20-29(53-4)32(27)47(37)13-7-6-12-46-33-26(41-36(46)39-3)17-24(22-49)18-30(33)54-15-9-8-11-45-14-10-40-21-31(45)50/h6-9,16-20,22,40H,5,10-15,21H2,1-4H3,(H2,38,51)(H,39,41)(H,42,43,52)/b7-6+,9-8-. The first-order valence-electron chi connectivity index (χ1n) is 17.5. The van der Waals surface area contributed by atoms with Crippen LogP contribution >= 0.6 is 0 Å². The molecule has 5 aromatic rings. The van der Waals surface area contributed by atoms with Crippen molar-refractivity contribution in [2.45, 2.75) is 33.5 Å². The van der Waals surface area contributed by atoms with Crippen molar-refractivity contribution >= 4 is 58.0 Å². The number of methoxy groups -OCH3 is 1. The third-order valence-electron chi connectivity index (χ3n) is 8.92. The molecule has 3 aromatic heterocycles. The summed E-state index contributed by atoms with van der Waals surface area (Å²) in [6, 6.07) is 8.18. The van der Waals surface area contributed by atoms with E-state index in [1.54, 1.807) is 51.5 Å². The number of carbonyl (C=O) groups is 4. The van der Waals surface area contributed by atoms with Crippen LogP contribution in [0.15, 0.2) is 54.6 Å². The molecule has 6 rings (SSSR count). The fraction of sp³-hybridized carbons (Fsp3) is 0.324. The molecule has 0 saturated carbocycles. The number of hydrogen-bond donors (Lipinski definition) is 4. The van der Waals surface area contributed by atoms with Gasteiger partial charge in [0.1, 0.15) is 41.1 Å². The topological polar surface area (TPSA) is 206 Å². The Hall–Kier alpha value is -6.49. The Bertz CT molecular complexity index is 2280. The van der Waals surface area contributed by atoms with Crippen molar-refractivity contribution < 1.29 is 28.7 Å². The number of nitrogens with one attached hydrogen (secondary N) is 3. The van der Waals surface area contributed by atoms with Crippen LogP contribution < -0.4 is 31.2 Å². The van der Waals surface area contributed by atoms with E-state index in [1.165, 1.54) is 7.11 Å². The third kappa shape index (κ3) is 7.80. The van der Waals surface area contributed by atoms with Gasteiger partial charge in [-0.2, -0.15) is 5.10 Å². The molecular weight excluding hydrogens is 694 g/mol. The van der Waals surface area contributed by atoms with Crippen LogP contribution in [0, 0.1) is 6.92 Å². The fourth-order valence-electron chi connectivity index (χ4n) is 6.34. The van der Waals surface area contributed by atoms with E-state index in [-0.39, 0.29) is 30.6 Å². The summed E-state index contributed by atoms with van der Waals surface area (Å²) in [5.74, 6) is 0.634. The zero-order chi connectivity index (χ0) is 38.4. The Balaban J connectivity index is 1.28. The van der Waals surface area contributed by atoms with E-state index in [9.17, 15) is 19.2 Å². The van der Waals surface area contributed by atoms with Crippen molar-refractivity contribution in [3.63, 3.8) is 0 Å². The largest absolute Gasteiger partial charge is 0.494 e. The predicted octanol–water partition coefficient (Wildman–Crippen LogP) is 2.75. The number of anilines is 2. The van der Waals surface area contributed by atoms with Gasteiger partial charge in [0.05, 0.1) is 30.4 Å². The lowest BCUT2D eigenvalue weighted by molar-refractivity contribution is -0.131. The molecule has 1 aliphatic heterocycles. The van der Waals surface area contributed by atoms with Gasteiger partial charge in [0.2, 0.25) is 23.7 Å². The van der Waals surface area contributed by atoms with E-state index in [2.05, 4.69) is 26.0 Å². The number of amides is 3. The minimum Gasteiger partial charge on any atom is -0.494 e. The van der Waals surface area contributed by atoms with Crippen LogP contribution in [0.4, 0.5) is 11.9 Å². The lowest BCUT2D eigenvalue weighted by Crippen LogP contribution is -2.47. The van der Waals surface area contributed by atoms with Crippen LogP contribution in [0.5, 0.6) is 11.5 Å². The van der Waals surface area contributed by atoms with Crippen molar-refractivity contribution in [2.75, 3.05) is 57.6 Å². The van der Waals surface area contributed by atoms with Crippen molar-refractivity contribution in [1.29, 1.82) is 0 Å². The maximum Gasteiger partial charge on any atom is 0.276 e. The molecule has 0 unspecified atom stereocenters. The molecule has 0 bridgehead atoms. The number of aldehydes is 1. The van der Waals surface area contributed by atoms with Gasteiger partial charge in [-0.25, -0.2) is 9.97 Å². The van der Waals surface area contributed by atoms with Crippen LogP contribution in [0.2, 0.25) is 0 Å². The van der Waals surface area contributed by atoms with E-state index < -0.39 is 11.8 Å². The van der Waals surface area contributed by atoms with Gasteiger partial charge in [-0.1, -0.05) is 18.2 Å². The summed E-state index contributed by atoms with van der Waals surface area (Å²) in [6.07, 6.45) is 8.33. The molecule has 2 aromatic carbocycles. The van der Waals surface area contributed by atoms with Gasteiger partial charge in [0, 0.05) is 57.4 Å². The second kappa shape index (κ2) is 16.5. The molecule has 5 N–H and O–H groups in total. The van der Waals surface area contributed by atoms with Crippen molar-refractivity contribution in [2.24, 2.45) is 5.73 Å². The number of ether oxygens (including phenoxy) is 2. The normalized spacial score (nSPS) is 13.4. The maximum absolute atomic E-state index is 13.5. The van der Waals surface area contributed by atoms with E-state index in [4.69, 9.17) is 20.2 Å². The number of primary amides is 1. The minimum absolute atomic E-state index is 0.0533. The Morgan fingerprint density at radius 1 is 0.963 bits per heavy atom. The average Bonchev–Trinajstić information content (AvgIpc) is 3.85. The summed E-state index contributed by atoms with van der Waals surface area (Å²) in [4.78, 5) is 60.7. The van der Waals surface area contributed by atoms with Crippen molar-refractivity contribution in [1.82, 2.24) is 39.1 Å². The first-order valence-corrected chi connectivity index (χ1v) is 17.5. The third-order valence-corrected chi connectivity index (χ3v) is 8.92. The van der Waals surface area contributed by atoms with Crippen molar-refractivity contribution in [3.8, 4) is 11.5 Å². The second-order valence-electron chi connectivity index (χ2n) is 12.5. The molecule has 4 heterocycles. The average molecular weight is 738 g/mol. The summed E-state index contributed by atoms with van der Waals surface area (Å²) in [5.41, 5.74) is 9.53.